The van der Waals surface area contributed by atoms with Crippen molar-refractivity contribution in [3.8, 4) is 0 Å². The quantitative estimate of drug-likeness (QED) is 0.421. The highest BCUT2D eigenvalue weighted by molar-refractivity contribution is 7.17. The van der Waals surface area contributed by atoms with E-state index in [1.54, 1.807) is 30.3 Å². The first-order valence-electron chi connectivity index (χ1n) is 11.1. The molecule has 2 aliphatic rings. The van der Waals surface area contributed by atoms with Gasteiger partial charge in [0.1, 0.15) is 15.8 Å². The van der Waals surface area contributed by atoms with Crippen molar-refractivity contribution in [1.29, 1.82) is 0 Å². The predicted octanol–water partition coefficient (Wildman–Crippen LogP) is 5.49. The van der Waals surface area contributed by atoms with Gasteiger partial charge in [0, 0.05) is 11.3 Å². The third kappa shape index (κ3) is 4.27. The summed E-state index contributed by atoms with van der Waals surface area (Å²) in [6.07, 6.45) is -1.61. The van der Waals surface area contributed by atoms with Gasteiger partial charge in [0.25, 0.3) is 11.8 Å². The van der Waals surface area contributed by atoms with Crippen molar-refractivity contribution in [2.24, 2.45) is 5.73 Å². The molecule has 184 valence electrons. The number of hydrogen-bond acceptors (Lipinski definition) is 5. The average Bonchev–Trinajstić information content (AvgIpc) is 3.35. The molecule has 0 spiro atoms. The van der Waals surface area contributed by atoms with Crippen molar-refractivity contribution >= 4 is 45.6 Å². The molecule has 35 heavy (non-hydrogen) atoms. The molecule has 5 rings (SSSR count). The van der Waals surface area contributed by atoms with Crippen molar-refractivity contribution < 1.29 is 22.8 Å². The molecule has 3 heterocycles. The molecule has 0 saturated heterocycles. The highest BCUT2D eigenvalue weighted by Gasteiger charge is 2.48. The number of thiophene rings is 1. The average molecular weight is 524 g/mol. The Morgan fingerprint density at radius 2 is 1.91 bits per heavy atom. The lowest BCUT2D eigenvalue weighted by molar-refractivity contribution is -0.173. The van der Waals surface area contributed by atoms with Crippen molar-refractivity contribution in [3.05, 3.63) is 62.6 Å². The number of alkyl halides is 3. The van der Waals surface area contributed by atoms with E-state index in [-0.39, 0.29) is 33.5 Å². The molecular formula is C23H21ClF3N5O2S. The molecule has 7 nitrogen and oxygen atoms in total. The van der Waals surface area contributed by atoms with Crippen LogP contribution in [0.4, 0.5) is 24.0 Å². The maximum absolute atomic E-state index is 14.0. The van der Waals surface area contributed by atoms with E-state index in [1.807, 2.05) is 0 Å². The minimum atomic E-state index is -4.61. The van der Waals surface area contributed by atoms with E-state index in [9.17, 15) is 22.8 Å². The Balaban J connectivity index is 1.50. The van der Waals surface area contributed by atoms with Crippen LogP contribution >= 0.6 is 22.9 Å². The number of aryl methyl sites for hydroxylation is 1. The lowest BCUT2D eigenvalue weighted by Crippen LogP contribution is -2.35. The van der Waals surface area contributed by atoms with Gasteiger partial charge in [-0.2, -0.15) is 18.3 Å². The van der Waals surface area contributed by atoms with Crippen LogP contribution in [0.2, 0.25) is 5.02 Å². The van der Waals surface area contributed by atoms with Gasteiger partial charge in [-0.05, 0) is 36.8 Å². The van der Waals surface area contributed by atoms with Crippen LogP contribution in [-0.4, -0.2) is 27.8 Å². The number of carbonyl (C=O) groups excluding carboxylic acids is 2. The van der Waals surface area contributed by atoms with Crippen LogP contribution < -0.4 is 16.4 Å². The number of fused-ring (bicyclic) bond motifs is 2. The molecule has 2 amide bonds. The molecule has 4 N–H and O–H groups in total. The van der Waals surface area contributed by atoms with Crippen LogP contribution in [0.15, 0.2) is 30.3 Å². The lowest BCUT2D eigenvalue weighted by Gasteiger charge is -2.33. The summed E-state index contributed by atoms with van der Waals surface area (Å²) in [6, 6.07) is 6.05. The predicted molar refractivity (Wildman–Crippen MR) is 127 cm³/mol. The summed E-state index contributed by atoms with van der Waals surface area (Å²) in [6.45, 7) is 0. The third-order valence-corrected chi connectivity index (χ3v) is 7.92. The molecule has 3 aromatic rings. The highest BCUT2D eigenvalue weighted by atomic mass is 35.5. The molecule has 12 heteroatoms. The fourth-order valence-corrected chi connectivity index (χ4v) is 6.27. The Morgan fingerprint density at radius 3 is 2.60 bits per heavy atom. The minimum absolute atomic E-state index is 0.0835. The van der Waals surface area contributed by atoms with E-state index in [2.05, 4.69) is 15.7 Å². The van der Waals surface area contributed by atoms with Crippen LogP contribution in [-0.2, 0) is 12.8 Å². The van der Waals surface area contributed by atoms with Gasteiger partial charge in [0.2, 0.25) is 0 Å². The van der Waals surface area contributed by atoms with Gasteiger partial charge in [-0.15, -0.1) is 11.3 Å². The van der Waals surface area contributed by atoms with Gasteiger partial charge < -0.3 is 16.4 Å². The number of amides is 2. The summed E-state index contributed by atoms with van der Waals surface area (Å²) >= 11 is 7.66. The molecular weight excluding hydrogens is 503 g/mol. The van der Waals surface area contributed by atoms with Gasteiger partial charge in [-0.1, -0.05) is 41.9 Å². The summed E-state index contributed by atoms with van der Waals surface area (Å²) in [5.41, 5.74) is 6.94. The van der Waals surface area contributed by atoms with Crippen molar-refractivity contribution in [2.75, 3.05) is 10.6 Å². The zero-order valence-electron chi connectivity index (χ0n) is 18.3. The molecule has 2 atom stereocenters. The Bertz CT molecular complexity index is 1300. The normalized spacial score (nSPS) is 19.4. The first-order valence-corrected chi connectivity index (χ1v) is 12.3. The van der Waals surface area contributed by atoms with Crippen LogP contribution in [0.5, 0.6) is 0 Å². The summed E-state index contributed by atoms with van der Waals surface area (Å²) in [4.78, 5) is 26.2. The number of aromatic nitrogens is 2. The van der Waals surface area contributed by atoms with Crippen LogP contribution in [0.1, 0.15) is 68.2 Å². The standard InChI is InChI=1S/C23H21ClF3N5O2S/c24-17-18(21(34)30-22-16(19(28)33)12-8-4-5-9-14(12)35-22)31-32-15(23(25,26)27)10-13(29-20(17)32)11-6-2-1-3-7-11/h1-3,6-7,13,15,29H,4-5,8-10H2,(H2,28,33)(H,30,34)/t13-,15+/m1/s1. The number of nitrogens with one attached hydrogen (secondary N) is 2. The number of nitrogens with two attached hydrogens (primary N) is 1. The van der Waals surface area contributed by atoms with Gasteiger partial charge in [0.15, 0.2) is 11.7 Å². The fraction of sp³-hybridized carbons (Fsp3) is 0.348. The van der Waals surface area contributed by atoms with Crippen molar-refractivity contribution in [2.45, 2.75) is 50.4 Å². The number of halogens is 4. The molecule has 0 fully saturated rings. The molecule has 0 bridgehead atoms. The monoisotopic (exact) mass is 523 g/mol. The molecule has 1 aliphatic heterocycles. The van der Waals surface area contributed by atoms with Crippen LogP contribution in [0.25, 0.3) is 0 Å². The van der Waals surface area contributed by atoms with Gasteiger partial charge in [-0.3, -0.25) is 9.59 Å². The third-order valence-electron chi connectivity index (χ3n) is 6.36. The maximum atomic E-state index is 14.0. The largest absolute Gasteiger partial charge is 0.410 e. The molecule has 0 unspecified atom stereocenters. The number of primary amides is 1. The number of benzene rings is 1. The molecule has 0 saturated carbocycles. The summed E-state index contributed by atoms with van der Waals surface area (Å²) < 4.78 is 42.7. The summed E-state index contributed by atoms with van der Waals surface area (Å²) in [5, 5.41) is 9.63. The second-order valence-electron chi connectivity index (χ2n) is 8.59. The molecule has 0 radical (unpaired) electrons. The second-order valence-corrected chi connectivity index (χ2v) is 10.1. The van der Waals surface area contributed by atoms with E-state index in [0.717, 1.165) is 34.4 Å². The summed E-state index contributed by atoms with van der Waals surface area (Å²) in [5.74, 6) is -1.56. The summed E-state index contributed by atoms with van der Waals surface area (Å²) in [7, 11) is 0. The van der Waals surface area contributed by atoms with Gasteiger partial charge in [-0.25, -0.2) is 4.68 Å². The maximum Gasteiger partial charge on any atom is 0.410 e. The topological polar surface area (TPSA) is 102 Å². The van der Waals surface area contributed by atoms with Gasteiger partial charge in [0.05, 0.1) is 11.6 Å². The van der Waals surface area contributed by atoms with E-state index in [1.165, 1.54) is 11.3 Å². The van der Waals surface area contributed by atoms with Crippen molar-refractivity contribution in [3.63, 3.8) is 0 Å². The van der Waals surface area contributed by atoms with Crippen LogP contribution in [0.3, 0.4) is 0 Å². The number of hydrogen-bond donors (Lipinski definition) is 3. The zero-order valence-corrected chi connectivity index (χ0v) is 19.9. The van der Waals surface area contributed by atoms with E-state index in [4.69, 9.17) is 17.3 Å². The first-order chi connectivity index (χ1) is 16.6. The Kier molecular flexibility index (Phi) is 6.00. The van der Waals surface area contributed by atoms with Gasteiger partial charge >= 0.3 is 6.18 Å². The molecule has 1 aromatic carbocycles. The van der Waals surface area contributed by atoms with E-state index >= 15 is 0 Å². The zero-order chi connectivity index (χ0) is 24.9. The molecule has 1 aliphatic carbocycles. The molecule has 2 aromatic heterocycles. The Hall–Kier alpha value is -3.05. The number of rotatable bonds is 4. The minimum Gasteiger partial charge on any atom is -0.365 e. The van der Waals surface area contributed by atoms with Crippen molar-refractivity contribution in [1.82, 2.24) is 9.78 Å². The second kappa shape index (κ2) is 8.87. The lowest BCUT2D eigenvalue weighted by atomic mass is 9.95. The smallest absolute Gasteiger partial charge is 0.365 e. The number of nitrogens with zero attached hydrogens (tertiary/aromatic N) is 2. The Morgan fingerprint density at radius 1 is 1.20 bits per heavy atom. The van der Waals surface area contributed by atoms with E-state index in [0.29, 0.717) is 12.0 Å². The Labute approximate surface area is 207 Å². The highest BCUT2D eigenvalue weighted by Crippen LogP contribution is 2.46. The SMILES string of the molecule is NC(=O)c1c(NC(=O)c2nn3c(c2Cl)N[C@@H](c2ccccc2)C[C@H]3C(F)(F)F)sc2c1CCCC2. The fourth-order valence-electron chi connectivity index (χ4n) is 4.72. The number of carbonyl (C=O) groups is 2. The van der Waals surface area contributed by atoms with E-state index < -0.39 is 30.1 Å². The number of anilines is 2. The first kappa shape index (κ1) is 23.7. The van der Waals surface area contributed by atoms with Crippen LogP contribution in [0, 0.1) is 0 Å².